The molecule has 0 fully saturated rings. The summed E-state index contributed by atoms with van der Waals surface area (Å²) in [5.74, 6) is 1.05. The van der Waals surface area contributed by atoms with Gasteiger partial charge in [-0.1, -0.05) is 30.7 Å². The molecule has 0 aliphatic carbocycles. The molecule has 0 heterocycles. The van der Waals surface area contributed by atoms with Crippen LogP contribution in [-0.2, 0) is 11.2 Å². The molecule has 2 unspecified atom stereocenters. The Morgan fingerprint density at radius 1 is 1.00 bits per heavy atom. The van der Waals surface area contributed by atoms with Gasteiger partial charge in [0.05, 0.1) is 6.10 Å². The fourth-order valence-electron chi connectivity index (χ4n) is 2.56. The summed E-state index contributed by atoms with van der Waals surface area (Å²) in [5.41, 5.74) is 1.58. The number of ether oxygens (including phenoxy) is 1. The molecule has 132 valence electrons. The minimum Gasteiger partial charge on any atom is -0.490 e. The van der Waals surface area contributed by atoms with Crippen LogP contribution in [0.3, 0.4) is 0 Å². The van der Waals surface area contributed by atoms with E-state index in [-0.39, 0.29) is 23.6 Å². The highest BCUT2D eigenvalue weighted by molar-refractivity contribution is 6.30. The molecule has 0 amide bonds. The molecule has 0 aliphatic heterocycles. The van der Waals surface area contributed by atoms with Crippen LogP contribution < -0.4 is 4.74 Å². The Morgan fingerprint density at radius 3 is 2.16 bits per heavy atom. The first-order valence-electron chi connectivity index (χ1n) is 8.39. The van der Waals surface area contributed by atoms with Crippen LogP contribution in [0.1, 0.15) is 43.1 Å². The van der Waals surface area contributed by atoms with Crippen LogP contribution in [0, 0.1) is 5.92 Å². The first-order chi connectivity index (χ1) is 11.8. The first kappa shape index (κ1) is 19.2. The summed E-state index contributed by atoms with van der Waals surface area (Å²) >= 11 is 5.86. The highest BCUT2D eigenvalue weighted by Crippen LogP contribution is 2.20. The van der Waals surface area contributed by atoms with Gasteiger partial charge in [-0.15, -0.1) is 0 Å². The molecule has 2 atom stereocenters. The average molecular weight is 359 g/mol. The highest BCUT2D eigenvalue weighted by Gasteiger charge is 2.16. The molecule has 2 aromatic carbocycles. The number of hydrogen-bond donors (Lipinski definition) is 0. The molecule has 25 heavy (non-hydrogen) atoms. The number of carbonyl (C=O) groups excluding carboxylic acids is 2. The van der Waals surface area contributed by atoms with Gasteiger partial charge < -0.3 is 9.53 Å². The Labute approximate surface area is 154 Å². The summed E-state index contributed by atoms with van der Waals surface area (Å²) in [6, 6.07) is 14.4. The van der Waals surface area contributed by atoms with Crippen LogP contribution in [0.15, 0.2) is 48.5 Å². The molecule has 0 N–H and O–H groups in total. The maximum Gasteiger partial charge on any atom is 0.167 e. The van der Waals surface area contributed by atoms with E-state index in [1.165, 1.54) is 0 Å². The van der Waals surface area contributed by atoms with Crippen LogP contribution in [-0.4, -0.2) is 17.7 Å². The van der Waals surface area contributed by atoms with Gasteiger partial charge in [0.25, 0.3) is 0 Å². The summed E-state index contributed by atoms with van der Waals surface area (Å²) in [4.78, 5) is 23.5. The Hall–Kier alpha value is -2.13. The van der Waals surface area contributed by atoms with Crippen molar-refractivity contribution in [1.29, 1.82) is 0 Å². The fraction of sp³-hybridized carbons (Fsp3) is 0.333. The zero-order valence-electron chi connectivity index (χ0n) is 14.8. The van der Waals surface area contributed by atoms with Gasteiger partial charge in [0.2, 0.25) is 0 Å². The van der Waals surface area contributed by atoms with Crippen LogP contribution in [0.5, 0.6) is 5.75 Å². The molecule has 0 aliphatic rings. The smallest absolute Gasteiger partial charge is 0.167 e. The second-order valence-electron chi connectivity index (χ2n) is 6.46. The molecule has 2 aromatic rings. The number of ketones is 2. The standard InChI is InChI=1S/C21H23ClO3/c1-14(12-15(2)23)16(3)25-20-10-6-18(7-11-20)21(24)13-17-4-8-19(22)9-5-17/h4-11,14,16H,12-13H2,1-3H3. The average Bonchev–Trinajstić information content (AvgIpc) is 2.57. The summed E-state index contributed by atoms with van der Waals surface area (Å²) in [6.45, 7) is 5.54. The molecule has 0 saturated heterocycles. The number of benzene rings is 2. The van der Waals surface area contributed by atoms with E-state index >= 15 is 0 Å². The van der Waals surface area contributed by atoms with Gasteiger partial charge in [-0.05, 0) is 61.7 Å². The zero-order valence-corrected chi connectivity index (χ0v) is 15.5. The molecular weight excluding hydrogens is 336 g/mol. The SMILES string of the molecule is CC(=O)CC(C)C(C)Oc1ccc(C(=O)Cc2ccc(Cl)cc2)cc1. The first-order valence-corrected chi connectivity index (χ1v) is 8.76. The highest BCUT2D eigenvalue weighted by atomic mass is 35.5. The van der Waals surface area contributed by atoms with Crippen molar-refractivity contribution in [2.75, 3.05) is 0 Å². The van der Waals surface area contributed by atoms with E-state index in [4.69, 9.17) is 16.3 Å². The molecule has 0 aromatic heterocycles. The molecule has 0 radical (unpaired) electrons. The van der Waals surface area contributed by atoms with Gasteiger partial charge in [0.15, 0.2) is 5.78 Å². The number of halogens is 1. The van der Waals surface area contributed by atoms with Crippen molar-refractivity contribution in [3.05, 3.63) is 64.7 Å². The van der Waals surface area contributed by atoms with Crippen molar-refractivity contribution in [1.82, 2.24) is 0 Å². The molecule has 4 heteroatoms. The molecular formula is C21H23ClO3. The Bertz CT molecular complexity index is 720. The van der Waals surface area contributed by atoms with E-state index < -0.39 is 0 Å². The summed E-state index contributed by atoms with van der Waals surface area (Å²) in [6.07, 6.45) is 0.766. The Morgan fingerprint density at radius 2 is 1.60 bits per heavy atom. The maximum absolute atomic E-state index is 12.4. The Balaban J connectivity index is 1.95. The number of Topliss-reactive ketones (excluding diaryl/α,β-unsaturated/α-hetero) is 2. The minimum atomic E-state index is -0.0699. The molecule has 0 saturated carbocycles. The third kappa shape index (κ3) is 6.02. The van der Waals surface area contributed by atoms with E-state index in [1.54, 1.807) is 43.3 Å². The lowest BCUT2D eigenvalue weighted by Gasteiger charge is -2.20. The number of hydrogen-bond acceptors (Lipinski definition) is 3. The normalized spacial score (nSPS) is 13.1. The number of rotatable bonds is 8. The molecule has 0 bridgehead atoms. The quantitative estimate of drug-likeness (QED) is 0.613. The summed E-state index contributed by atoms with van der Waals surface area (Å²) in [7, 11) is 0. The topological polar surface area (TPSA) is 43.4 Å². The fourth-order valence-corrected chi connectivity index (χ4v) is 2.69. The van der Waals surface area contributed by atoms with Crippen molar-refractivity contribution >= 4 is 23.2 Å². The summed E-state index contributed by atoms with van der Waals surface area (Å²) in [5, 5.41) is 0.658. The minimum absolute atomic E-state index is 0.0480. The Kier molecular flexibility index (Phi) is 6.77. The third-order valence-electron chi connectivity index (χ3n) is 4.19. The van der Waals surface area contributed by atoms with Crippen molar-refractivity contribution < 1.29 is 14.3 Å². The summed E-state index contributed by atoms with van der Waals surface area (Å²) < 4.78 is 5.87. The number of carbonyl (C=O) groups is 2. The van der Waals surface area contributed by atoms with Gasteiger partial charge in [-0.3, -0.25) is 4.79 Å². The van der Waals surface area contributed by atoms with E-state index in [9.17, 15) is 9.59 Å². The van der Waals surface area contributed by atoms with Crippen molar-refractivity contribution in [2.24, 2.45) is 5.92 Å². The van der Waals surface area contributed by atoms with Crippen molar-refractivity contribution in [3.63, 3.8) is 0 Å². The largest absolute Gasteiger partial charge is 0.490 e. The lowest BCUT2D eigenvalue weighted by Crippen LogP contribution is -2.23. The van der Waals surface area contributed by atoms with Crippen molar-refractivity contribution in [2.45, 2.75) is 39.7 Å². The molecule has 0 spiro atoms. The second kappa shape index (κ2) is 8.82. The lowest BCUT2D eigenvalue weighted by molar-refractivity contribution is -0.118. The van der Waals surface area contributed by atoms with E-state index in [1.807, 2.05) is 26.0 Å². The van der Waals surface area contributed by atoms with Gasteiger partial charge in [0, 0.05) is 23.4 Å². The van der Waals surface area contributed by atoms with E-state index in [2.05, 4.69) is 0 Å². The molecule has 2 rings (SSSR count). The van der Waals surface area contributed by atoms with Gasteiger partial charge >= 0.3 is 0 Å². The van der Waals surface area contributed by atoms with Gasteiger partial charge in [0.1, 0.15) is 11.5 Å². The maximum atomic E-state index is 12.4. The predicted octanol–water partition coefficient (Wildman–Crippen LogP) is 5.15. The lowest BCUT2D eigenvalue weighted by atomic mass is 10.00. The van der Waals surface area contributed by atoms with Gasteiger partial charge in [-0.25, -0.2) is 0 Å². The predicted molar refractivity (Wildman–Crippen MR) is 100 cm³/mol. The van der Waals surface area contributed by atoms with Crippen LogP contribution in [0.25, 0.3) is 0 Å². The molecule has 3 nitrogen and oxygen atoms in total. The monoisotopic (exact) mass is 358 g/mol. The van der Waals surface area contributed by atoms with Crippen LogP contribution in [0.4, 0.5) is 0 Å². The van der Waals surface area contributed by atoms with E-state index in [0.717, 1.165) is 5.56 Å². The van der Waals surface area contributed by atoms with Crippen molar-refractivity contribution in [3.8, 4) is 5.75 Å². The third-order valence-corrected chi connectivity index (χ3v) is 4.44. The zero-order chi connectivity index (χ0) is 18.4. The second-order valence-corrected chi connectivity index (χ2v) is 6.89. The van der Waals surface area contributed by atoms with Crippen LogP contribution >= 0.6 is 11.6 Å². The van der Waals surface area contributed by atoms with Crippen LogP contribution in [0.2, 0.25) is 5.02 Å². The van der Waals surface area contributed by atoms with E-state index in [0.29, 0.717) is 29.2 Å². The van der Waals surface area contributed by atoms with Gasteiger partial charge in [-0.2, -0.15) is 0 Å².